The highest BCUT2D eigenvalue weighted by molar-refractivity contribution is 5.93. The first-order valence-corrected chi connectivity index (χ1v) is 2.96. The Kier molecular flexibility index (Phi) is 4.47. The normalized spacial score (nSPS) is 9.45. The fourth-order valence-corrected chi connectivity index (χ4v) is 0.379. The van der Waals surface area contributed by atoms with Crippen LogP contribution in [0.1, 0.15) is 0 Å². The quantitative estimate of drug-likeness (QED) is 0.441. The largest absolute Gasteiger partial charge is 0.478 e. The summed E-state index contributed by atoms with van der Waals surface area (Å²) in [5.74, 6) is -1.58. The van der Waals surface area contributed by atoms with Gasteiger partial charge in [-0.1, -0.05) is 6.08 Å². The number of carboxylic acid groups (broad SMARTS) is 1. The van der Waals surface area contributed by atoms with Crippen molar-refractivity contribution in [3.8, 4) is 0 Å². The van der Waals surface area contributed by atoms with Crippen LogP contribution in [-0.4, -0.2) is 23.5 Å². The predicted octanol–water partition coefficient (Wildman–Crippen LogP) is -0.0706. The third-order valence-electron chi connectivity index (χ3n) is 0.798. The van der Waals surface area contributed by atoms with Crippen LogP contribution in [0.4, 0.5) is 0 Å². The molecule has 0 aromatic heterocycles. The zero-order valence-corrected chi connectivity index (χ0v) is 5.91. The molecule has 60 valence electrons. The molecule has 2 N–H and O–H groups in total. The van der Waals surface area contributed by atoms with Gasteiger partial charge in [-0.3, -0.25) is 4.79 Å². The number of carboxylic acids is 1. The second kappa shape index (κ2) is 5.22. The third-order valence-corrected chi connectivity index (χ3v) is 0.798. The van der Waals surface area contributed by atoms with Gasteiger partial charge in [0.05, 0.1) is 0 Å². The van der Waals surface area contributed by atoms with Crippen molar-refractivity contribution in [2.45, 2.75) is 0 Å². The summed E-state index contributed by atoms with van der Waals surface area (Å²) >= 11 is 0. The van der Waals surface area contributed by atoms with Gasteiger partial charge in [-0.25, -0.2) is 4.79 Å². The molecule has 0 aromatic rings. The third kappa shape index (κ3) is 6.30. The first-order valence-electron chi connectivity index (χ1n) is 2.96. The van der Waals surface area contributed by atoms with Gasteiger partial charge in [-0.05, 0) is 0 Å². The van der Waals surface area contributed by atoms with Crippen molar-refractivity contribution in [1.29, 1.82) is 0 Å². The van der Waals surface area contributed by atoms with Crippen LogP contribution in [0, 0.1) is 0 Å². The van der Waals surface area contributed by atoms with Gasteiger partial charge in [0.15, 0.2) is 0 Å². The van der Waals surface area contributed by atoms with E-state index in [0.29, 0.717) is 6.54 Å². The van der Waals surface area contributed by atoms with Crippen LogP contribution < -0.4 is 5.32 Å². The molecule has 4 nitrogen and oxygen atoms in total. The Hall–Kier alpha value is -1.58. The zero-order chi connectivity index (χ0) is 8.69. The van der Waals surface area contributed by atoms with Crippen LogP contribution in [0.25, 0.3) is 0 Å². The molecule has 0 aliphatic rings. The van der Waals surface area contributed by atoms with E-state index in [9.17, 15) is 9.59 Å². The number of aliphatic carboxylic acids is 1. The van der Waals surface area contributed by atoms with E-state index in [2.05, 4.69) is 11.9 Å². The van der Waals surface area contributed by atoms with Crippen LogP contribution in [0.15, 0.2) is 24.8 Å². The van der Waals surface area contributed by atoms with E-state index in [1.54, 1.807) is 0 Å². The molecule has 0 aliphatic heterocycles. The van der Waals surface area contributed by atoms with Crippen molar-refractivity contribution in [3.63, 3.8) is 0 Å². The summed E-state index contributed by atoms with van der Waals surface area (Å²) in [6.45, 7) is 3.71. The van der Waals surface area contributed by atoms with Crippen LogP contribution in [-0.2, 0) is 9.59 Å². The number of amides is 1. The van der Waals surface area contributed by atoms with Gasteiger partial charge in [0.1, 0.15) is 0 Å². The smallest absolute Gasteiger partial charge is 0.328 e. The molecular weight excluding hydrogens is 146 g/mol. The topological polar surface area (TPSA) is 66.4 Å². The van der Waals surface area contributed by atoms with Gasteiger partial charge >= 0.3 is 5.97 Å². The maximum Gasteiger partial charge on any atom is 0.328 e. The molecule has 0 aliphatic carbocycles. The molecule has 0 bridgehead atoms. The molecule has 1 amide bonds. The highest BCUT2D eigenvalue weighted by Gasteiger charge is 1.92. The van der Waals surface area contributed by atoms with Crippen molar-refractivity contribution >= 4 is 11.9 Å². The van der Waals surface area contributed by atoms with Gasteiger partial charge < -0.3 is 10.4 Å². The highest BCUT2D eigenvalue weighted by atomic mass is 16.4. The molecule has 0 saturated heterocycles. The average molecular weight is 155 g/mol. The van der Waals surface area contributed by atoms with Crippen LogP contribution in [0.2, 0.25) is 0 Å². The number of rotatable bonds is 4. The van der Waals surface area contributed by atoms with E-state index in [1.165, 1.54) is 6.08 Å². The summed E-state index contributed by atoms with van der Waals surface area (Å²) in [5.41, 5.74) is 0. The Bertz CT molecular complexity index is 196. The number of carbonyl (C=O) groups excluding carboxylic acids is 1. The van der Waals surface area contributed by atoms with Crippen molar-refractivity contribution < 1.29 is 14.7 Å². The van der Waals surface area contributed by atoms with Gasteiger partial charge in [-0.15, -0.1) is 6.58 Å². The van der Waals surface area contributed by atoms with Crippen LogP contribution in [0.3, 0.4) is 0 Å². The molecule has 0 rings (SSSR count). The molecule has 0 heterocycles. The van der Waals surface area contributed by atoms with Crippen molar-refractivity contribution in [2.75, 3.05) is 6.54 Å². The first kappa shape index (κ1) is 9.42. The van der Waals surface area contributed by atoms with Crippen molar-refractivity contribution in [3.05, 3.63) is 24.8 Å². The molecule has 0 atom stereocenters. The lowest BCUT2D eigenvalue weighted by Crippen LogP contribution is -2.20. The minimum Gasteiger partial charge on any atom is -0.478 e. The van der Waals surface area contributed by atoms with E-state index >= 15 is 0 Å². The summed E-state index contributed by atoms with van der Waals surface area (Å²) < 4.78 is 0. The molecule has 0 saturated carbocycles. The van der Waals surface area contributed by atoms with Crippen molar-refractivity contribution in [1.82, 2.24) is 5.32 Å². The minimum atomic E-state index is -1.14. The monoisotopic (exact) mass is 155 g/mol. The van der Waals surface area contributed by atoms with E-state index in [0.717, 1.165) is 12.2 Å². The fourth-order valence-electron chi connectivity index (χ4n) is 0.379. The molecular formula is C7H9NO3. The molecule has 0 fully saturated rings. The Morgan fingerprint density at radius 3 is 2.55 bits per heavy atom. The summed E-state index contributed by atoms with van der Waals surface area (Å²) in [5, 5.41) is 10.5. The molecule has 4 heteroatoms. The summed E-state index contributed by atoms with van der Waals surface area (Å²) in [7, 11) is 0. The second-order valence-electron chi connectivity index (χ2n) is 1.71. The lowest BCUT2D eigenvalue weighted by Gasteiger charge is -1.93. The Labute approximate surface area is 64.2 Å². The predicted molar refractivity (Wildman–Crippen MR) is 40.0 cm³/mol. The van der Waals surface area contributed by atoms with E-state index in [4.69, 9.17) is 5.11 Å². The van der Waals surface area contributed by atoms with Gasteiger partial charge in [-0.2, -0.15) is 0 Å². The minimum absolute atomic E-state index is 0.336. The number of hydrogen-bond acceptors (Lipinski definition) is 2. The molecule has 0 aromatic carbocycles. The fraction of sp³-hybridized carbons (Fsp3) is 0.143. The molecule has 0 radical (unpaired) electrons. The summed E-state index contributed by atoms with van der Waals surface area (Å²) in [4.78, 5) is 20.5. The number of nitrogens with one attached hydrogen (secondary N) is 1. The van der Waals surface area contributed by atoms with E-state index in [-0.39, 0.29) is 0 Å². The summed E-state index contributed by atoms with van der Waals surface area (Å²) in [6.07, 6.45) is 3.23. The van der Waals surface area contributed by atoms with Gasteiger partial charge in [0, 0.05) is 18.7 Å². The second-order valence-corrected chi connectivity index (χ2v) is 1.71. The lowest BCUT2D eigenvalue weighted by molar-refractivity contribution is -0.131. The van der Waals surface area contributed by atoms with Crippen molar-refractivity contribution in [2.24, 2.45) is 0 Å². The Morgan fingerprint density at radius 2 is 2.09 bits per heavy atom. The Morgan fingerprint density at radius 1 is 1.45 bits per heavy atom. The number of carbonyl (C=O) groups is 2. The zero-order valence-electron chi connectivity index (χ0n) is 5.91. The van der Waals surface area contributed by atoms with Crippen LogP contribution >= 0.6 is 0 Å². The number of hydrogen-bond donors (Lipinski definition) is 2. The Balaban J connectivity index is 3.68. The maximum absolute atomic E-state index is 10.6. The van der Waals surface area contributed by atoms with E-state index in [1.807, 2.05) is 0 Å². The molecule has 0 unspecified atom stereocenters. The highest BCUT2D eigenvalue weighted by Crippen LogP contribution is 1.73. The lowest BCUT2D eigenvalue weighted by atomic mass is 10.4. The molecule has 0 spiro atoms. The van der Waals surface area contributed by atoms with Gasteiger partial charge in [0.2, 0.25) is 5.91 Å². The van der Waals surface area contributed by atoms with E-state index < -0.39 is 11.9 Å². The standard InChI is InChI=1S/C7H9NO3/c1-2-5-8-6(9)3-4-7(10)11/h2-4H,1,5H2,(H,8,9)(H,10,11)/b4-3-. The van der Waals surface area contributed by atoms with Gasteiger partial charge in [0.25, 0.3) is 0 Å². The SMILES string of the molecule is C=CCNC(=O)/C=C\C(=O)O. The first-order chi connectivity index (χ1) is 5.16. The van der Waals surface area contributed by atoms with Crippen LogP contribution in [0.5, 0.6) is 0 Å². The average Bonchev–Trinajstić information content (AvgIpc) is 1.97. The maximum atomic E-state index is 10.6. The molecule has 11 heavy (non-hydrogen) atoms. The summed E-state index contributed by atoms with van der Waals surface area (Å²) in [6, 6.07) is 0.